The highest BCUT2D eigenvalue weighted by molar-refractivity contribution is 6.10. The van der Waals surface area contributed by atoms with Crippen molar-refractivity contribution in [2.75, 3.05) is 7.11 Å². The monoisotopic (exact) mass is 394 g/mol. The van der Waals surface area contributed by atoms with Crippen LogP contribution < -0.4 is 4.74 Å². The van der Waals surface area contributed by atoms with Crippen LogP contribution >= 0.6 is 0 Å². The number of hydrogen-bond donors (Lipinski definition) is 0. The Bertz CT molecular complexity index is 859. The van der Waals surface area contributed by atoms with Crippen LogP contribution in [0, 0.1) is 22.7 Å². The summed E-state index contributed by atoms with van der Waals surface area (Å²) in [6.45, 7) is 6.56. The van der Waals surface area contributed by atoms with Gasteiger partial charge in [-0.3, -0.25) is 9.59 Å². The Morgan fingerprint density at radius 1 is 1.10 bits per heavy atom. The van der Waals surface area contributed by atoms with Gasteiger partial charge in [0, 0.05) is 17.1 Å². The van der Waals surface area contributed by atoms with Crippen LogP contribution in [0.2, 0.25) is 0 Å². The van der Waals surface area contributed by atoms with Crippen LogP contribution in [0.15, 0.2) is 41.5 Å². The topological polar surface area (TPSA) is 60.4 Å². The highest BCUT2D eigenvalue weighted by Crippen LogP contribution is 2.60. The zero-order chi connectivity index (χ0) is 21.2. The van der Waals surface area contributed by atoms with Crippen molar-refractivity contribution in [3.05, 3.63) is 47.1 Å². The van der Waals surface area contributed by atoms with E-state index in [1.165, 1.54) is 6.08 Å². The maximum Gasteiger partial charge on any atom is 0.182 e. The summed E-state index contributed by atoms with van der Waals surface area (Å²) in [4.78, 5) is 37.1. The Kier molecular flexibility index (Phi) is 5.92. The first kappa shape index (κ1) is 21.2. The zero-order valence-electron chi connectivity index (χ0n) is 17.7. The van der Waals surface area contributed by atoms with Gasteiger partial charge in [-0.05, 0) is 59.8 Å². The van der Waals surface area contributed by atoms with E-state index in [4.69, 9.17) is 4.74 Å². The third-order valence-corrected chi connectivity index (χ3v) is 7.18. The van der Waals surface area contributed by atoms with Gasteiger partial charge in [0.1, 0.15) is 18.3 Å². The summed E-state index contributed by atoms with van der Waals surface area (Å²) >= 11 is 0. The molecule has 0 aliphatic heterocycles. The first-order valence-corrected chi connectivity index (χ1v) is 10.3. The van der Waals surface area contributed by atoms with E-state index in [1.807, 2.05) is 24.3 Å². The summed E-state index contributed by atoms with van der Waals surface area (Å²) in [7, 11) is 1.61. The molecule has 29 heavy (non-hydrogen) atoms. The Labute approximate surface area is 173 Å². The Hall–Kier alpha value is -2.49. The van der Waals surface area contributed by atoms with Crippen molar-refractivity contribution >= 4 is 24.4 Å². The van der Waals surface area contributed by atoms with E-state index in [0.717, 1.165) is 43.1 Å². The normalized spacial score (nSPS) is 28.7. The molecule has 1 aromatic rings. The third-order valence-electron chi connectivity index (χ3n) is 7.18. The number of methoxy groups -OCH3 is 1. The fourth-order valence-electron chi connectivity index (χ4n) is 5.52. The lowest BCUT2D eigenvalue weighted by Gasteiger charge is -2.56. The van der Waals surface area contributed by atoms with Crippen molar-refractivity contribution in [3.8, 4) is 5.75 Å². The number of rotatable bonds is 6. The second-order valence-electron chi connectivity index (χ2n) is 9.24. The van der Waals surface area contributed by atoms with E-state index in [2.05, 4.69) is 20.8 Å². The number of allylic oxidation sites excluding steroid dienone is 3. The molecule has 0 heterocycles. The average molecular weight is 395 g/mol. The number of ether oxygens (including phenoxy) is 1. The maximum absolute atomic E-state index is 13.1. The van der Waals surface area contributed by atoms with Crippen LogP contribution in [0.5, 0.6) is 5.75 Å². The van der Waals surface area contributed by atoms with Gasteiger partial charge in [0.15, 0.2) is 5.78 Å². The summed E-state index contributed by atoms with van der Waals surface area (Å²) in [6.07, 6.45) is 8.44. The summed E-state index contributed by atoms with van der Waals surface area (Å²) in [5.41, 5.74) is 1.50. The Morgan fingerprint density at radius 3 is 2.38 bits per heavy atom. The van der Waals surface area contributed by atoms with E-state index in [1.54, 1.807) is 13.2 Å². The third kappa shape index (κ3) is 3.85. The summed E-state index contributed by atoms with van der Waals surface area (Å²) in [5, 5.41) is 0. The van der Waals surface area contributed by atoms with Gasteiger partial charge < -0.3 is 9.53 Å². The first-order chi connectivity index (χ1) is 13.8. The molecule has 4 heteroatoms. The van der Waals surface area contributed by atoms with Gasteiger partial charge in [-0.15, -0.1) is 0 Å². The molecule has 4 nitrogen and oxygen atoms in total. The smallest absolute Gasteiger partial charge is 0.182 e. The van der Waals surface area contributed by atoms with Gasteiger partial charge in [-0.25, -0.2) is 0 Å². The van der Waals surface area contributed by atoms with Gasteiger partial charge in [0.25, 0.3) is 0 Å². The number of carbonyl (C=O) groups excluding carboxylic acids is 3. The molecule has 0 N–H and O–H groups in total. The molecule has 0 amide bonds. The van der Waals surface area contributed by atoms with E-state index in [9.17, 15) is 14.4 Å². The van der Waals surface area contributed by atoms with Crippen molar-refractivity contribution in [2.24, 2.45) is 22.7 Å². The molecule has 0 spiro atoms. The van der Waals surface area contributed by atoms with Gasteiger partial charge in [0.2, 0.25) is 0 Å². The number of hydrogen-bond acceptors (Lipinski definition) is 4. The molecular formula is C25H30O4. The predicted octanol–water partition coefficient (Wildman–Crippen LogP) is 4.82. The van der Waals surface area contributed by atoms with Crippen LogP contribution in [0.4, 0.5) is 0 Å². The van der Waals surface area contributed by atoms with E-state index in [0.29, 0.717) is 17.6 Å². The molecule has 0 saturated heterocycles. The van der Waals surface area contributed by atoms with Gasteiger partial charge in [0.05, 0.1) is 7.11 Å². The standard InChI is InChI=1S/C25H30O4/c1-24(2)12-5-13-25(3)21(16-27)20(15-26)19(14-23(24)25)22(28)11-8-17-6-9-18(29-4)10-7-17/h6-11,15-16,21,23H,5,12-14H2,1-4H3. The second kappa shape index (κ2) is 8.10. The molecular weight excluding hydrogens is 364 g/mol. The second-order valence-corrected chi connectivity index (χ2v) is 9.24. The SMILES string of the molecule is COc1ccc(C=CC(=O)C2=C(C=O)C(C=O)C3(C)CCCC(C)(C)C3C2)cc1. The first-order valence-electron chi connectivity index (χ1n) is 10.3. The van der Waals surface area contributed by atoms with Crippen LogP contribution in [0.1, 0.15) is 52.0 Å². The van der Waals surface area contributed by atoms with Crippen LogP contribution in [-0.4, -0.2) is 25.5 Å². The lowest BCUT2D eigenvalue weighted by Crippen LogP contribution is -2.50. The molecule has 0 aromatic heterocycles. The van der Waals surface area contributed by atoms with Crippen LogP contribution in [0.25, 0.3) is 6.08 Å². The fraction of sp³-hybridized carbons (Fsp3) is 0.480. The molecule has 3 unspecified atom stereocenters. The van der Waals surface area contributed by atoms with Crippen molar-refractivity contribution in [1.82, 2.24) is 0 Å². The van der Waals surface area contributed by atoms with Gasteiger partial charge in [-0.2, -0.15) is 0 Å². The van der Waals surface area contributed by atoms with Crippen molar-refractivity contribution in [2.45, 2.75) is 46.5 Å². The molecule has 154 valence electrons. The lowest BCUT2D eigenvalue weighted by molar-refractivity contribution is -0.123. The average Bonchev–Trinajstić information content (AvgIpc) is 2.70. The lowest BCUT2D eigenvalue weighted by atomic mass is 9.47. The molecule has 1 aromatic carbocycles. The van der Waals surface area contributed by atoms with Gasteiger partial charge >= 0.3 is 0 Å². The summed E-state index contributed by atoms with van der Waals surface area (Å²) in [6, 6.07) is 7.40. The van der Waals surface area contributed by atoms with E-state index in [-0.39, 0.29) is 22.5 Å². The van der Waals surface area contributed by atoms with E-state index >= 15 is 0 Å². The molecule has 0 radical (unpaired) electrons. The summed E-state index contributed by atoms with van der Waals surface area (Å²) < 4.78 is 5.15. The maximum atomic E-state index is 13.1. The number of ketones is 1. The van der Waals surface area contributed by atoms with Crippen LogP contribution in [0.3, 0.4) is 0 Å². The predicted molar refractivity (Wildman–Crippen MR) is 114 cm³/mol. The zero-order valence-corrected chi connectivity index (χ0v) is 17.7. The number of fused-ring (bicyclic) bond motifs is 1. The van der Waals surface area contributed by atoms with Crippen molar-refractivity contribution < 1.29 is 19.1 Å². The Morgan fingerprint density at radius 2 is 1.79 bits per heavy atom. The largest absolute Gasteiger partial charge is 0.497 e. The molecule has 1 fully saturated rings. The quantitative estimate of drug-likeness (QED) is 0.512. The van der Waals surface area contributed by atoms with Crippen LogP contribution in [-0.2, 0) is 14.4 Å². The fourth-order valence-corrected chi connectivity index (χ4v) is 5.52. The Balaban J connectivity index is 1.96. The van der Waals surface area contributed by atoms with E-state index < -0.39 is 5.92 Å². The highest BCUT2D eigenvalue weighted by Gasteiger charge is 2.54. The molecule has 2 aliphatic rings. The minimum atomic E-state index is -0.522. The minimum Gasteiger partial charge on any atom is -0.497 e. The molecule has 2 aliphatic carbocycles. The molecule has 3 rings (SSSR count). The number of aldehydes is 2. The molecule has 0 bridgehead atoms. The summed E-state index contributed by atoms with van der Waals surface area (Å²) in [5.74, 6) is 0.236. The minimum absolute atomic E-state index is 0.0217. The number of benzene rings is 1. The van der Waals surface area contributed by atoms with Crippen molar-refractivity contribution in [1.29, 1.82) is 0 Å². The number of carbonyl (C=O) groups is 3. The highest BCUT2D eigenvalue weighted by atomic mass is 16.5. The molecule has 3 atom stereocenters. The van der Waals surface area contributed by atoms with Crippen molar-refractivity contribution in [3.63, 3.8) is 0 Å². The van der Waals surface area contributed by atoms with Gasteiger partial charge in [-0.1, -0.05) is 45.4 Å². The molecule has 1 saturated carbocycles.